The van der Waals surface area contributed by atoms with Crippen molar-refractivity contribution in [1.29, 1.82) is 0 Å². The molecule has 11 nitrogen and oxygen atoms in total. The summed E-state index contributed by atoms with van der Waals surface area (Å²) in [6.45, 7) is 7.76. The fraction of sp³-hybridized carbons (Fsp3) is 0.407. The number of rotatable bonds is 8. The number of benzene rings is 2. The van der Waals surface area contributed by atoms with Gasteiger partial charge in [0, 0.05) is 30.6 Å². The third kappa shape index (κ3) is 6.56. The second-order valence-corrected chi connectivity index (χ2v) is 12.0. The Morgan fingerprint density at radius 3 is 2.28 bits per heavy atom. The Bertz CT molecular complexity index is 1380. The quantitative estimate of drug-likeness (QED) is 0.502. The maximum Gasteiger partial charge on any atom is 0.328 e. The lowest BCUT2D eigenvalue weighted by Gasteiger charge is -2.30. The molecule has 1 saturated heterocycles. The van der Waals surface area contributed by atoms with Crippen molar-refractivity contribution in [1.82, 2.24) is 5.32 Å². The molecule has 0 atom stereocenters. The monoisotopic (exact) mass is 558 g/mol. The van der Waals surface area contributed by atoms with Crippen LogP contribution in [0.2, 0.25) is 0 Å². The number of imide groups is 1. The van der Waals surface area contributed by atoms with E-state index in [1.165, 1.54) is 37.4 Å². The molecule has 0 bridgehead atoms. The molecule has 0 aromatic heterocycles. The molecule has 1 aliphatic rings. The van der Waals surface area contributed by atoms with E-state index in [1.54, 1.807) is 13.0 Å². The molecule has 2 N–H and O–H groups in total. The number of anilines is 3. The molecule has 0 radical (unpaired) electrons. The van der Waals surface area contributed by atoms with Gasteiger partial charge in [-0.15, -0.1) is 0 Å². The highest BCUT2D eigenvalue weighted by Gasteiger charge is 2.32. The highest BCUT2D eigenvalue weighted by molar-refractivity contribution is 7.92. The maximum absolute atomic E-state index is 13.5. The smallest absolute Gasteiger partial charge is 0.328 e. The molecule has 1 aliphatic heterocycles. The fourth-order valence-corrected chi connectivity index (χ4v) is 5.21. The molecule has 0 unspecified atom stereocenters. The van der Waals surface area contributed by atoms with Gasteiger partial charge < -0.3 is 15.4 Å². The van der Waals surface area contributed by atoms with Crippen LogP contribution < -0.4 is 24.6 Å². The third-order valence-corrected chi connectivity index (χ3v) is 7.12. The summed E-state index contributed by atoms with van der Waals surface area (Å²) in [5.74, 6) is -1.22. The number of carbonyl (C=O) groups is 4. The molecular weight excluding hydrogens is 524 g/mol. The lowest BCUT2D eigenvalue weighted by atomic mass is 9.84. The fourth-order valence-electron chi connectivity index (χ4n) is 4.24. The van der Waals surface area contributed by atoms with Crippen LogP contribution in [0.1, 0.15) is 62.9 Å². The molecule has 3 rings (SSSR count). The van der Waals surface area contributed by atoms with Gasteiger partial charge >= 0.3 is 6.03 Å². The number of methoxy groups -OCH3 is 1. The number of amides is 5. The Hall–Kier alpha value is -3.93. The van der Waals surface area contributed by atoms with Crippen LogP contribution in [0.4, 0.5) is 21.9 Å². The molecule has 5 amide bonds. The number of nitrogens with one attached hydrogen (secondary N) is 2. The van der Waals surface area contributed by atoms with Gasteiger partial charge in [-0.3, -0.25) is 14.4 Å². The summed E-state index contributed by atoms with van der Waals surface area (Å²) in [7, 11) is -2.42. The molecule has 0 aliphatic carbocycles. The van der Waals surface area contributed by atoms with Crippen molar-refractivity contribution in [2.24, 2.45) is 0 Å². The van der Waals surface area contributed by atoms with Crippen molar-refractivity contribution < 1.29 is 32.3 Å². The summed E-state index contributed by atoms with van der Waals surface area (Å²) >= 11 is 0. The van der Waals surface area contributed by atoms with Crippen molar-refractivity contribution in [3.8, 4) is 5.75 Å². The van der Waals surface area contributed by atoms with Crippen molar-refractivity contribution in [2.45, 2.75) is 52.4 Å². The van der Waals surface area contributed by atoms with E-state index in [9.17, 15) is 27.6 Å². The summed E-state index contributed by atoms with van der Waals surface area (Å²) in [5.41, 5.74) is 0.933. The van der Waals surface area contributed by atoms with E-state index in [0.717, 1.165) is 15.5 Å². The van der Waals surface area contributed by atoms with Crippen molar-refractivity contribution in [3.63, 3.8) is 0 Å². The molecule has 0 saturated carbocycles. The first kappa shape index (κ1) is 29.6. The molecule has 1 fully saturated rings. The van der Waals surface area contributed by atoms with Gasteiger partial charge in [0.05, 0.1) is 30.3 Å². The SMILES string of the molecule is CCCC(=O)N(c1ccc(NC(=O)c2cc(N3C(=O)CCNC3=O)cc(C(C)(C)C)c2OC)cc1)S(C)(=O)=O. The largest absolute Gasteiger partial charge is 0.496 e. The minimum Gasteiger partial charge on any atom is -0.496 e. The molecule has 39 heavy (non-hydrogen) atoms. The van der Waals surface area contributed by atoms with E-state index >= 15 is 0 Å². The van der Waals surface area contributed by atoms with Gasteiger partial charge in [0.25, 0.3) is 5.91 Å². The number of urea groups is 1. The summed E-state index contributed by atoms with van der Waals surface area (Å²) in [5, 5.41) is 5.39. The second-order valence-electron chi connectivity index (χ2n) is 10.2. The zero-order chi connectivity index (χ0) is 29.1. The van der Waals surface area contributed by atoms with Gasteiger partial charge in [-0.1, -0.05) is 27.7 Å². The Labute approximate surface area is 228 Å². The zero-order valence-corrected chi connectivity index (χ0v) is 23.8. The second kappa shape index (κ2) is 11.4. The van der Waals surface area contributed by atoms with Crippen LogP contribution >= 0.6 is 0 Å². The molecule has 2 aromatic carbocycles. The minimum absolute atomic E-state index is 0.0648. The van der Waals surface area contributed by atoms with Gasteiger partial charge in [-0.05, 0) is 48.2 Å². The predicted octanol–water partition coefficient (Wildman–Crippen LogP) is 3.78. The third-order valence-electron chi connectivity index (χ3n) is 6.04. The maximum atomic E-state index is 13.5. The summed E-state index contributed by atoms with van der Waals surface area (Å²) in [6.07, 6.45) is 1.63. The van der Waals surface area contributed by atoms with Gasteiger partial charge in [-0.25, -0.2) is 22.4 Å². The van der Waals surface area contributed by atoms with E-state index < -0.39 is 39.2 Å². The van der Waals surface area contributed by atoms with Gasteiger partial charge in [0.1, 0.15) is 5.75 Å². The first-order valence-electron chi connectivity index (χ1n) is 12.5. The van der Waals surface area contributed by atoms with E-state index in [0.29, 0.717) is 23.4 Å². The molecule has 2 aromatic rings. The number of nitrogens with zero attached hydrogens (tertiary/aromatic N) is 2. The molecule has 0 spiro atoms. The van der Waals surface area contributed by atoms with Gasteiger partial charge in [0.15, 0.2) is 0 Å². The van der Waals surface area contributed by atoms with Crippen LogP contribution in [0.5, 0.6) is 5.75 Å². The van der Waals surface area contributed by atoms with E-state index in [2.05, 4.69) is 10.6 Å². The topological polar surface area (TPSA) is 142 Å². The average Bonchev–Trinajstić information content (AvgIpc) is 2.83. The zero-order valence-electron chi connectivity index (χ0n) is 23.0. The molecule has 1 heterocycles. The van der Waals surface area contributed by atoms with Crippen molar-refractivity contribution in [2.75, 3.05) is 34.4 Å². The van der Waals surface area contributed by atoms with E-state index in [-0.39, 0.29) is 36.3 Å². The number of hydrogen-bond donors (Lipinski definition) is 2. The van der Waals surface area contributed by atoms with Crippen molar-refractivity contribution in [3.05, 3.63) is 47.5 Å². The summed E-state index contributed by atoms with van der Waals surface area (Å²) < 4.78 is 30.9. The standard InChI is InChI=1S/C27H34N4O7S/c1-7-8-23(33)31(39(6,36)37)18-11-9-17(10-12-18)29-25(34)20-15-19(30-22(32)13-14-28-26(30)35)16-21(24(20)38-5)27(2,3)4/h9-12,15-16H,7-8,13-14H2,1-6H3,(H,28,35)(H,29,34). The average molecular weight is 559 g/mol. The number of sulfonamides is 1. The van der Waals surface area contributed by atoms with Crippen LogP contribution in [0, 0.1) is 0 Å². The summed E-state index contributed by atoms with van der Waals surface area (Å²) in [6, 6.07) is 8.33. The summed E-state index contributed by atoms with van der Waals surface area (Å²) in [4.78, 5) is 52.1. The highest BCUT2D eigenvalue weighted by Crippen LogP contribution is 2.38. The predicted molar refractivity (Wildman–Crippen MR) is 149 cm³/mol. The molecule has 12 heteroatoms. The highest BCUT2D eigenvalue weighted by atomic mass is 32.2. The van der Waals surface area contributed by atoms with Gasteiger partial charge in [-0.2, -0.15) is 0 Å². The Balaban J connectivity index is 2.01. The Morgan fingerprint density at radius 1 is 1.13 bits per heavy atom. The van der Waals surface area contributed by atoms with E-state index in [1.807, 2.05) is 20.8 Å². The van der Waals surface area contributed by atoms with Crippen LogP contribution in [-0.2, 0) is 25.0 Å². The normalized spacial score (nSPS) is 14.1. The lowest BCUT2D eigenvalue weighted by molar-refractivity contribution is -0.118. The van der Waals surface area contributed by atoms with Crippen molar-refractivity contribution >= 4 is 50.8 Å². The van der Waals surface area contributed by atoms with Gasteiger partial charge in [0.2, 0.25) is 21.8 Å². The number of ether oxygens (including phenoxy) is 1. The van der Waals surface area contributed by atoms with Crippen LogP contribution in [0.3, 0.4) is 0 Å². The van der Waals surface area contributed by atoms with E-state index in [4.69, 9.17) is 4.74 Å². The lowest BCUT2D eigenvalue weighted by Crippen LogP contribution is -2.50. The van der Waals surface area contributed by atoms with Crippen LogP contribution in [0.15, 0.2) is 36.4 Å². The first-order chi connectivity index (χ1) is 18.2. The Morgan fingerprint density at radius 2 is 1.77 bits per heavy atom. The Kier molecular flexibility index (Phi) is 8.69. The minimum atomic E-state index is -3.86. The number of carbonyl (C=O) groups excluding carboxylic acids is 4. The van der Waals surface area contributed by atoms with Crippen LogP contribution in [0.25, 0.3) is 0 Å². The number of hydrogen-bond acceptors (Lipinski definition) is 7. The molecule has 210 valence electrons. The van der Waals surface area contributed by atoms with Crippen LogP contribution in [-0.4, -0.2) is 52.1 Å². The molecular formula is C27H34N4O7S. The first-order valence-corrected chi connectivity index (χ1v) is 14.3.